The van der Waals surface area contributed by atoms with Gasteiger partial charge in [-0.1, -0.05) is 19.8 Å². The first-order valence-corrected chi connectivity index (χ1v) is 6.04. The van der Waals surface area contributed by atoms with Crippen LogP contribution < -0.4 is 0 Å². The van der Waals surface area contributed by atoms with Crippen molar-refractivity contribution in [2.24, 2.45) is 0 Å². The molecule has 0 aliphatic carbocycles. The fourth-order valence-electron chi connectivity index (χ4n) is 2.48. The summed E-state index contributed by atoms with van der Waals surface area (Å²) < 4.78 is 4.81. The number of carbonyl (C=O) groups excluding carboxylic acids is 1. The van der Waals surface area contributed by atoms with Crippen molar-refractivity contribution in [2.45, 2.75) is 58.0 Å². The van der Waals surface area contributed by atoms with Gasteiger partial charge in [-0.05, 0) is 32.7 Å². The SMILES string of the molecule is CCCC1CCCCN1C(C)C(=O)OC. The van der Waals surface area contributed by atoms with Gasteiger partial charge in [-0.2, -0.15) is 0 Å². The molecular formula is C12H23NO2. The summed E-state index contributed by atoms with van der Waals surface area (Å²) in [4.78, 5) is 13.8. The number of carbonyl (C=O) groups is 1. The van der Waals surface area contributed by atoms with Crippen LogP contribution in [0, 0.1) is 0 Å². The van der Waals surface area contributed by atoms with Gasteiger partial charge in [0.15, 0.2) is 0 Å². The summed E-state index contributed by atoms with van der Waals surface area (Å²) >= 11 is 0. The number of likely N-dealkylation sites (tertiary alicyclic amines) is 1. The van der Waals surface area contributed by atoms with Gasteiger partial charge in [-0.25, -0.2) is 0 Å². The summed E-state index contributed by atoms with van der Waals surface area (Å²) in [6.45, 7) is 5.20. The standard InChI is InChI=1S/C12H23NO2/c1-4-7-11-8-5-6-9-13(11)10(2)12(14)15-3/h10-11H,4-9H2,1-3H3. The van der Waals surface area contributed by atoms with Gasteiger partial charge in [0.05, 0.1) is 7.11 Å². The number of methoxy groups -OCH3 is 1. The number of esters is 1. The monoisotopic (exact) mass is 213 g/mol. The topological polar surface area (TPSA) is 29.5 Å². The van der Waals surface area contributed by atoms with E-state index in [0.29, 0.717) is 6.04 Å². The Balaban J connectivity index is 2.58. The van der Waals surface area contributed by atoms with E-state index in [2.05, 4.69) is 11.8 Å². The summed E-state index contributed by atoms with van der Waals surface area (Å²) in [5.74, 6) is -0.0991. The molecule has 0 aromatic heterocycles. The summed E-state index contributed by atoms with van der Waals surface area (Å²) in [6.07, 6.45) is 6.13. The van der Waals surface area contributed by atoms with Crippen LogP contribution in [-0.4, -0.2) is 36.6 Å². The lowest BCUT2D eigenvalue weighted by molar-refractivity contribution is -0.148. The van der Waals surface area contributed by atoms with Crippen molar-refractivity contribution >= 4 is 5.97 Å². The van der Waals surface area contributed by atoms with Gasteiger partial charge in [0.1, 0.15) is 6.04 Å². The largest absolute Gasteiger partial charge is 0.468 e. The number of nitrogens with zero attached hydrogens (tertiary/aromatic N) is 1. The lowest BCUT2D eigenvalue weighted by atomic mass is 9.96. The Morgan fingerprint density at radius 2 is 2.27 bits per heavy atom. The van der Waals surface area contributed by atoms with E-state index in [1.807, 2.05) is 6.92 Å². The van der Waals surface area contributed by atoms with Gasteiger partial charge >= 0.3 is 5.97 Å². The zero-order chi connectivity index (χ0) is 11.3. The molecule has 1 heterocycles. The van der Waals surface area contributed by atoms with Crippen molar-refractivity contribution in [1.29, 1.82) is 0 Å². The summed E-state index contributed by atoms with van der Waals surface area (Å²) in [6, 6.07) is 0.504. The average molecular weight is 213 g/mol. The second kappa shape index (κ2) is 6.11. The molecule has 0 amide bonds. The molecule has 0 N–H and O–H groups in total. The molecule has 3 heteroatoms. The van der Waals surface area contributed by atoms with Gasteiger partial charge in [0, 0.05) is 6.04 Å². The van der Waals surface area contributed by atoms with Gasteiger partial charge < -0.3 is 4.74 Å². The van der Waals surface area contributed by atoms with Crippen LogP contribution in [0.25, 0.3) is 0 Å². The Morgan fingerprint density at radius 3 is 2.87 bits per heavy atom. The van der Waals surface area contributed by atoms with E-state index < -0.39 is 0 Å². The van der Waals surface area contributed by atoms with Crippen LogP contribution >= 0.6 is 0 Å². The van der Waals surface area contributed by atoms with E-state index in [9.17, 15) is 4.79 Å². The Bertz CT molecular complexity index is 204. The third kappa shape index (κ3) is 3.20. The van der Waals surface area contributed by atoms with Crippen molar-refractivity contribution in [2.75, 3.05) is 13.7 Å². The predicted octanol–water partition coefficient (Wildman–Crippen LogP) is 2.20. The molecule has 2 unspecified atom stereocenters. The molecule has 1 saturated heterocycles. The minimum absolute atomic E-state index is 0.0770. The molecule has 1 fully saturated rings. The molecule has 0 bridgehead atoms. The van der Waals surface area contributed by atoms with E-state index in [4.69, 9.17) is 4.74 Å². The zero-order valence-corrected chi connectivity index (χ0v) is 10.2. The fourth-order valence-corrected chi connectivity index (χ4v) is 2.48. The first kappa shape index (κ1) is 12.5. The van der Waals surface area contributed by atoms with E-state index in [-0.39, 0.29) is 12.0 Å². The van der Waals surface area contributed by atoms with Crippen LogP contribution in [0.2, 0.25) is 0 Å². The van der Waals surface area contributed by atoms with E-state index in [0.717, 1.165) is 6.54 Å². The van der Waals surface area contributed by atoms with Crippen molar-refractivity contribution in [1.82, 2.24) is 4.90 Å². The number of ether oxygens (including phenoxy) is 1. The van der Waals surface area contributed by atoms with Gasteiger partial charge in [0.25, 0.3) is 0 Å². The maximum absolute atomic E-state index is 11.5. The molecule has 1 aliphatic rings. The second-order valence-corrected chi connectivity index (χ2v) is 4.38. The number of rotatable bonds is 4. The number of hydrogen-bond donors (Lipinski definition) is 0. The highest BCUT2D eigenvalue weighted by molar-refractivity contribution is 5.75. The number of piperidine rings is 1. The smallest absolute Gasteiger partial charge is 0.322 e. The fraction of sp³-hybridized carbons (Fsp3) is 0.917. The molecule has 15 heavy (non-hydrogen) atoms. The van der Waals surface area contributed by atoms with Crippen molar-refractivity contribution in [3.63, 3.8) is 0 Å². The van der Waals surface area contributed by atoms with Crippen LogP contribution in [0.15, 0.2) is 0 Å². The highest BCUT2D eigenvalue weighted by atomic mass is 16.5. The van der Waals surface area contributed by atoms with E-state index in [1.54, 1.807) is 0 Å². The van der Waals surface area contributed by atoms with Crippen molar-refractivity contribution < 1.29 is 9.53 Å². The molecule has 1 rings (SSSR count). The highest BCUT2D eigenvalue weighted by Crippen LogP contribution is 2.23. The molecule has 0 aromatic carbocycles. The minimum Gasteiger partial charge on any atom is -0.468 e. The molecular weight excluding hydrogens is 190 g/mol. The van der Waals surface area contributed by atoms with Crippen LogP contribution in [0.4, 0.5) is 0 Å². The molecule has 2 atom stereocenters. The Morgan fingerprint density at radius 1 is 1.53 bits per heavy atom. The lowest BCUT2D eigenvalue weighted by Crippen LogP contribution is -2.48. The van der Waals surface area contributed by atoms with Gasteiger partial charge in [0.2, 0.25) is 0 Å². The van der Waals surface area contributed by atoms with Crippen LogP contribution in [0.5, 0.6) is 0 Å². The Kier molecular flexibility index (Phi) is 5.09. The first-order chi connectivity index (χ1) is 7.20. The second-order valence-electron chi connectivity index (χ2n) is 4.38. The summed E-state index contributed by atoms with van der Waals surface area (Å²) in [7, 11) is 1.47. The van der Waals surface area contributed by atoms with Crippen molar-refractivity contribution in [3.05, 3.63) is 0 Å². The lowest BCUT2D eigenvalue weighted by Gasteiger charge is -2.38. The normalized spacial score (nSPS) is 24.9. The van der Waals surface area contributed by atoms with E-state index in [1.165, 1.54) is 39.2 Å². The Labute approximate surface area is 92.8 Å². The van der Waals surface area contributed by atoms with Crippen LogP contribution in [0.3, 0.4) is 0 Å². The summed E-state index contributed by atoms with van der Waals surface area (Å²) in [5.41, 5.74) is 0. The maximum Gasteiger partial charge on any atom is 0.322 e. The molecule has 88 valence electrons. The minimum atomic E-state index is -0.0991. The predicted molar refractivity (Wildman–Crippen MR) is 60.7 cm³/mol. The quantitative estimate of drug-likeness (QED) is 0.670. The third-order valence-corrected chi connectivity index (χ3v) is 3.33. The highest BCUT2D eigenvalue weighted by Gasteiger charge is 2.29. The average Bonchev–Trinajstić information content (AvgIpc) is 2.28. The zero-order valence-electron chi connectivity index (χ0n) is 10.2. The molecule has 0 radical (unpaired) electrons. The third-order valence-electron chi connectivity index (χ3n) is 3.33. The van der Waals surface area contributed by atoms with Crippen molar-refractivity contribution in [3.8, 4) is 0 Å². The number of hydrogen-bond acceptors (Lipinski definition) is 3. The summed E-state index contributed by atoms with van der Waals surface area (Å²) in [5, 5.41) is 0. The molecule has 1 aliphatic heterocycles. The van der Waals surface area contributed by atoms with Crippen LogP contribution in [0.1, 0.15) is 46.0 Å². The van der Waals surface area contributed by atoms with Gasteiger partial charge in [-0.15, -0.1) is 0 Å². The first-order valence-electron chi connectivity index (χ1n) is 6.04. The molecule has 0 spiro atoms. The van der Waals surface area contributed by atoms with E-state index >= 15 is 0 Å². The molecule has 3 nitrogen and oxygen atoms in total. The Hall–Kier alpha value is -0.570. The van der Waals surface area contributed by atoms with Crippen LogP contribution in [-0.2, 0) is 9.53 Å². The van der Waals surface area contributed by atoms with Gasteiger partial charge in [-0.3, -0.25) is 9.69 Å². The molecule has 0 aromatic rings. The molecule has 0 saturated carbocycles. The maximum atomic E-state index is 11.5.